The maximum atomic E-state index is 4.26. The van der Waals surface area contributed by atoms with E-state index in [9.17, 15) is 0 Å². The van der Waals surface area contributed by atoms with Gasteiger partial charge in [0.1, 0.15) is 0 Å². The van der Waals surface area contributed by atoms with Crippen LogP contribution in [0, 0.1) is 0 Å². The third-order valence-electron chi connectivity index (χ3n) is 1.70. The molecule has 1 heterocycles. The lowest BCUT2D eigenvalue weighted by atomic mass is 10.1. The minimum Gasteiger partial charge on any atom is -0.319 e. The van der Waals surface area contributed by atoms with Crippen molar-refractivity contribution in [1.82, 2.24) is 10.3 Å². The molecular weight excluding hydrogens is 136 g/mol. The number of hydrogen-bond donors (Lipinski definition) is 1. The first kappa shape index (κ1) is 8.21. The van der Waals surface area contributed by atoms with E-state index < -0.39 is 0 Å². The summed E-state index contributed by atoms with van der Waals surface area (Å²) in [6, 6.07) is 6.02. The summed E-state index contributed by atoms with van der Waals surface area (Å²) < 4.78 is 0. The average molecular weight is 150 g/mol. The van der Waals surface area contributed by atoms with Gasteiger partial charge in [-0.3, -0.25) is 4.98 Å². The van der Waals surface area contributed by atoms with E-state index >= 15 is 0 Å². The second-order valence-electron chi connectivity index (χ2n) is 2.71. The molecule has 1 aromatic heterocycles. The van der Waals surface area contributed by atoms with Gasteiger partial charge in [0.05, 0.1) is 0 Å². The highest BCUT2D eigenvalue weighted by atomic mass is 14.8. The Bertz CT molecular complexity index is 196. The zero-order chi connectivity index (χ0) is 8.10. The molecule has 0 aliphatic carbocycles. The molecule has 1 aromatic rings. The molecule has 0 fully saturated rings. The fourth-order valence-corrected chi connectivity index (χ4v) is 1.08. The number of pyridine rings is 1. The molecule has 0 bridgehead atoms. The van der Waals surface area contributed by atoms with Crippen LogP contribution in [-0.4, -0.2) is 18.6 Å². The van der Waals surface area contributed by atoms with Crippen molar-refractivity contribution in [1.29, 1.82) is 0 Å². The van der Waals surface area contributed by atoms with Gasteiger partial charge < -0.3 is 5.32 Å². The van der Waals surface area contributed by atoms with Gasteiger partial charge in [-0.1, -0.05) is 13.0 Å². The van der Waals surface area contributed by atoms with Crippen LogP contribution in [-0.2, 0) is 0 Å². The summed E-state index contributed by atoms with van der Waals surface area (Å²) in [6.45, 7) is 3.15. The van der Waals surface area contributed by atoms with Gasteiger partial charge in [0.2, 0.25) is 0 Å². The van der Waals surface area contributed by atoms with Crippen molar-refractivity contribution in [2.45, 2.75) is 12.8 Å². The van der Waals surface area contributed by atoms with Gasteiger partial charge in [-0.05, 0) is 19.2 Å². The lowest BCUT2D eigenvalue weighted by molar-refractivity contribution is 0.661. The molecule has 0 saturated carbocycles. The van der Waals surface area contributed by atoms with Crippen LogP contribution in [0.25, 0.3) is 0 Å². The van der Waals surface area contributed by atoms with Gasteiger partial charge in [-0.25, -0.2) is 0 Å². The molecule has 60 valence electrons. The molecule has 1 N–H and O–H groups in total. The Hall–Kier alpha value is -0.890. The molecular formula is C9H14N2. The van der Waals surface area contributed by atoms with Crippen molar-refractivity contribution in [2.75, 3.05) is 13.6 Å². The molecule has 0 aliphatic heterocycles. The Kier molecular flexibility index (Phi) is 3.05. The van der Waals surface area contributed by atoms with Crippen molar-refractivity contribution in [3.8, 4) is 0 Å². The van der Waals surface area contributed by atoms with E-state index in [-0.39, 0.29) is 0 Å². The second-order valence-corrected chi connectivity index (χ2v) is 2.71. The predicted octanol–water partition coefficient (Wildman–Crippen LogP) is 1.40. The van der Waals surface area contributed by atoms with Gasteiger partial charge in [0, 0.05) is 24.4 Å². The van der Waals surface area contributed by atoms with E-state index in [1.54, 1.807) is 0 Å². The van der Waals surface area contributed by atoms with Crippen LogP contribution in [0.15, 0.2) is 24.4 Å². The molecule has 1 unspecified atom stereocenters. The fraction of sp³-hybridized carbons (Fsp3) is 0.444. The topological polar surface area (TPSA) is 24.9 Å². The van der Waals surface area contributed by atoms with Crippen LogP contribution in [0.2, 0.25) is 0 Å². The summed E-state index contributed by atoms with van der Waals surface area (Å²) in [5.41, 5.74) is 1.15. The highest BCUT2D eigenvalue weighted by Gasteiger charge is 2.02. The maximum absolute atomic E-state index is 4.26. The largest absolute Gasteiger partial charge is 0.319 e. The van der Waals surface area contributed by atoms with Crippen molar-refractivity contribution in [2.24, 2.45) is 0 Å². The SMILES string of the molecule is CNCC(C)c1ccccn1. The Morgan fingerprint density at radius 1 is 1.55 bits per heavy atom. The highest BCUT2D eigenvalue weighted by Crippen LogP contribution is 2.08. The first-order valence-corrected chi connectivity index (χ1v) is 3.90. The number of hydrogen-bond acceptors (Lipinski definition) is 2. The zero-order valence-corrected chi connectivity index (χ0v) is 7.04. The molecule has 0 aliphatic rings. The summed E-state index contributed by atoms with van der Waals surface area (Å²) in [7, 11) is 1.96. The van der Waals surface area contributed by atoms with Gasteiger partial charge >= 0.3 is 0 Å². The van der Waals surface area contributed by atoms with Crippen LogP contribution in [0.4, 0.5) is 0 Å². The predicted molar refractivity (Wildman–Crippen MR) is 46.6 cm³/mol. The molecule has 2 nitrogen and oxygen atoms in total. The van der Waals surface area contributed by atoms with E-state index in [2.05, 4.69) is 23.3 Å². The number of aromatic nitrogens is 1. The monoisotopic (exact) mass is 150 g/mol. The van der Waals surface area contributed by atoms with Crippen LogP contribution < -0.4 is 5.32 Å². The van der Waals surface area contributed by atoms with Crippen LogP contribution in [0.5, 0.6) is 0 Å². The minimum atomic E-state index is 0.501. The van der Waals surface area contributed by atoms with Crippen molar-refractivity contribution in [3.63, 3.8) is 0 Å². The number of nitrogens with one attached hydrogen (secondary N) is 1. The summed E-state index contributed by atoms with van der Waals surface area (Å²) in [5.74, 6) is 0.501. The summed E-state index contributed by atoms with van der Waals surface area (Å²) in [4.78, 5) is 4.26. The smallest absolute Gasteiger partial charge is 0.0444 e. The summed E-state index contributed by atoms with van der Waals surface area (Å²) in [5, 5.41) is 3.13. The lowest BCUT2D eigenvalue weighted by Crippen LogP contribution is -2.15. The minimum absolute atomic E-state index is 0.501. The number of likely N-dealkylation sites (N-methyl/N-ethyl adjacent to an activating group) is 1. The average Bonchev–Trinajstić information content (AvgIpc) is 2.07. The summed E-state index contributed by atoms with van der Waals surface area (Å²) >= 11 is 0. The first-order chi connectivity index (χ1) is 5.34. The molecule has 1 atom stereocenters. The summed E-state index contributed by atoms with van der Waals surface area (Å²) in [6.07, 6.45) is 1.83. The van der Waals surface area contributed by atoms with Gasteiger partial charge in [-0.15, -0.1) is 0 Å². The Morgan fingerprint density at radius 2 is 2.36 bits per heavy atom. The third kappa shape index (κ3) is 2.31. The Morgan fingerprint density at radius 3 is 2.91 bits per heavy atom. The van der Waals surface area contributed by atoms with E-state index in [1.165, 1.54) is 0 Å². The van der Waals surface area contributed by atoms with Crippen LogP contribution >= 0.6 is 0 Å². The molecule has 0 radical (unpaired) electrons. The fourth-order valence-electron chi connectivity index (χ4n) is 1.08. The van der Waals surface area contributed by atoms with Crippen LogP contribution in [0.3, 0.4) is 0 Å². The Balaban J connectivity index is 2.61. The lowest BCUT2D eigenvalue weighted by Gasteiger charge is -2.08. The van der Waals surface area contributed by atoms with Gasteiger partial charge in [0.25, 0.3) is 0 Å². The normalized spacial score (nSPS) is 12.9. The molecule has 2 heteroatoms. The standard InChI is InChI=1S/C9H14N2/c1-8(7-10-2)9-5-3-4-6-11-9/h3-6,8,10H,7H2,1-2H3. The quantitative estimate of drug-likeness (QED) is 0.704. The third-order valence-corrected chi connectivity index (χ3v) is 1.70. The van der Waals surface area contributed by atoms with E-state index in [0.29, 0.717) is 5.92 Å². The molecule has 0 spiro atoms. The zero-order valence-electron chi connectivity index (χ0n) is 7.04. The molecule has 0 aromatic carbocycles. The first-order valence-electron chi connectivity index (χ1n) is 3.90. The van der Waals surface area contributed by atoms with Crippen molar-refractivity contribution in [3.05, 3.63) is 30.1 Å². The van der Waals surface area contributed by atoms with Crippen molar-refractivity contribution >= 4 is 0 Å². The molecule has 1 rings (SSSR count). The number of nitrogens with zero attached hydrogens (tertiary/aromatic N) is 1. The van der Waals surface area contributed by atoms with Gasteiger partial charge in [-0.2, -0.15) is 0 Å². The van der Waals surface area contributed by atoms with E-state index in [4.69, 9.17) is 0 Å². The highest BCUT2D eigenvalue weighted by molar-refractivity contribution is 5.08. The second kappa shape index (κ2) is 4.09. The van der Waals surface area contributed by atoms with Gasteiger partial charge in [0.15, 0.2) is 0 Å². The Labute approximate surface area is 67.7 Å². The van der Waals surface area contributed by atoms with E-state index in [1.807, 2.05) is 25.4 Å². The van der Waals surface area contributed by atoms with Crippen LogP contribution in [0.1, 0.15) is 18.5 Å². The number of rotatable bonds is 3. The maximum Gasteiger partial charge on any atom is 0.0444 e. The van der Waals surface area contributed by atoms with E-state index in [0.717, 1.165) is 12.2 Å². The van der Waals surface area contributed by atoms with Crippen molar-refractivity contribution < 1.29 is 0 Å². The molecule has 0 saturated heterocycles. The molecule has 0 amide bonds. The molecule has 11 heavy (non-hydrogen) atoms.